The molecule has 0 fully saturated rings. The Kier molecular flexibility index (Phi) is 4.56. The van der Waals surface area contributed by atoms with E-state index in [-0.39, 0.29) is 17.1 Å². The third kappa shape index (κ3) is 3.33. The normalized spacial score (nSPS) is 17.6. The SMILES string of the molecule is Cc1ccc(N2C(=O)C(O)=C(C(=O)C(C)(C)C)C2c2ccc(O)cc2)cc1. The van der Waals surface area contributed by atoms with Gasteiger partial charge >= 0.3 is 0 Å². The number of aliphatic hydroxyl groups is 1. The fourth-order valence-corrected chi connectivity index (χ4v) is 3.18. The van der Waals surface area contributed by atoms with Gasteiger partial charge in [0.2, 0.25) is 0 Å². The molecule has 140 valence electrons. The molecular formula is C22H23NO4. The number of phenolic OH excluding ortho intramolecular Hbond substituents is 1. The molecule has 0 spiro atoms. The minimum Gasteiger partial charge on any atom is -0.508 e. The number of benzene rings is 2. The predicted molar refractivity (Wildman–Crippen MR) is 104 cm³/mol. The van der Waals surface area contributed by atoms with Crippen LogP contribution in [0.25, 0.3) is 0 Å². The molecular weight excluding hydrogens is 342 g/mol. The quantitative estimate of drug-likeness (QED) is 0.854. The lowest BCUT2D eigenvalue weighted by Gasteiger charge is -2.29. The highest BCUT2D eigenvalue weighted by Gasteiger charge is 2.46. The van der Waals surface area contributed by atoms with Crippen molar-refractivity contribution in [3.05, 3.63) is 71.0 Å². The Bertz CT molecular complexity index is 918. The van der Waals surface area contributed by atoms with Crippen LogP contribution in [0.1, 0.15) is 37.9 Å². The zero-order chi connectivity index (χ0) is 19.9. The Morgan fingerprint density at radius 2 is 1.52 bits per heavy atom. The second-order valence-corrected chi connectivity index (χ2v) is 7.85. The number of hydrogen-bond donors (Lipinski definition) is 2. The van der Waals surface area contributed by atoms with Crippen LogP contribution in [0.3, 0.4) is 0 Å². The Morgan fingerprint density at radius 1 is 0.963 bits per heavy atom. The lowest BCUT2D eigenvalue weighted by Crippen LogP contribution is -2.32. The van der Waals surface area contributed by atoms with Gasteiger partial charge in [0.1, 0.15) is 5.75 Å². The van der Waals surface area contributed by atoms with E-state index < -0.39 is 23.1 Å². The van der Waals surface area contributed by atoms with E-state index in [0.717, 1.165) is 5.56 Å². The number of rotatable bonds is 3. The van der Waals surface area contributed by atoms with Crippen LogP contribution in [0.5, 0.6) is 5.75 Å². The maximum atomic E-state index is 13.1. The molecule has 5 nitrogen and oxygen atoms in total. The molecule has 0 aliphatic carbocycles. The molecule has 0 saturated carbocycles. The third-order valence-corrected chi connectivity index (χ3v) is 4.65. The van der Waals surface area contributed by atoms with Crippen molar-refractivity contribution in [3.63, 3.8) is 0 Å². The number of carbonyl (C=O) groups is 2. The summed E-state index contributed by atoms with van der Waals surface area (Å²) in [6, 6.07) is 12.9. The number of nitrogens with zero attached hydrogens (tertiary/aromatic N) is 1. The predicted octanol–water partition coefficient (Wildman–Crippen LogP) is 4.22. The second kappa shape index (κ2) is 6.58. The van der Waals surface area contributed by atoms with Crippen molar-refractivity contribution in [2.75, 3.05) is 4.90 Å². The number of carbonyl (C=O) groups excluding carboxylic acids is 2. The van der Waals surface area contributed by atoms with Gasteiger partial charge in [-0.3, -0.25) is 14.5 Å². The van der Waals surface area contributed by atoms with E-state index in [4.69, 9.17) is 0 Å². The van der Waals surface area contributed by atoms with Gasteiger partial charge in [-0.25, -0.2) is 0 Å². The van der Waals surface area contributed by atoms with Crippen molar-refractivity contribution >= 4 is 17.4 Å². The molecule has 2 N–H and O–H groups in total. The van der Waals surface area contributed by atoms with Crippen LogP contribution in [0.2, 0.25) is 0 Å². The number of aliphatic hydroxyl groups excluding tert-OH is 1. The topological polar surface area (TPSA) is 77.8 Å². The molecule has 1 aliphatic heterocycles. The van der Waals surface area contributed by atoms with Crippen LogP contribution in [0.15, 0.2) is 59.9 Å². The first-order valence-corrected chi connectivity index (χ1v) is 8.78. The molecule has 27 heavy (non-hydrogen) atoms. The first kappa shape index (κ1) is 18.7. The number of Topliss-reactive ketones (excluding diaryl/α,β-unsaturated/α-hetero) is 1. The van der Waals surface area contributed by atoms with E-state index >= 15 is 0 Å². The molecule has 0 saturated heterocycles. The maximum Gasteiger partial charge on any atom is 0.294 e. The Labute approximate surface area is 158 Å². The summed E-state index contributed by atoms with van der Waals surface area (Å²) < 4.78 is 0. The van der Waals surface area contributed by atoms with Crippen molar-refractivity contribution in [1.29, 1.82) is 0 Å². The van der Waals surface area contributed by atoms with Gasteiger partial charge in [0.15, 0.2) is 11.5 Å². The number of amides is 1. The molecule has 2 aromatic carbocycles. The van der Waals surface area contributed by atoms with Crippen molar-refractivity contribution in [2.24, 2.45) is 5.41 Å². The average Bonchev–Trinajstić information content (AvgIpc) is 2.86. The molecule has 3 rings (SSSR count). The van der Waals surface area contributed by atoms with Crippen LogP contribution in [0, 0.1) is 12.3 Å². The largest absolute Gasteiger partial charge is 0.508 e. The fourth-order valence-electron chi connectivity index (χ4n) is 3.18. The summed E-state index contributed by atoms with van der Waals surface area (Å²) in [4.78, 5) is 27.4. The summed E-state index contributed by atoms with van der Waals surface area (Å²) in [6.45, 7) is 7.20. The summed E-state index contributed by atoms with van der Waals surface area (Å²) in [7, 11) is 0. The molecule has 1 atom stereocenters. The Balaban J connectivity index is 2.19. The summed E-state index contributed by atoms with van der Waals surface area (Å²) in [6.07, 6.45) is 0. The van der Waals surface area contributed by atoms with E-state index in [1.807, 2.05) is 19.1 Å². The number of anilines is 1. The van der Waals surface area contributed by atoms with Gasteiger partial charge in [-0.05, 0) is 36.8 Å². The van der Waals surface area contributed by atoms with Crippen LogP contribution in [0.4, 0.5) is 5.69 Å². The highest BCUT2D eigenvalue weighted by atomic mass is 16.3. The molecule has 1 heterocycles. The lowest BCUT2D eigenvalue weighted by molar-refractivity contribution is -0.123. The van der Waals surface area contributed by atoms with Crippen LogP contribution in [-0.4, -0.2) is 21.9 Å². The molecule has 1 unspecified atom stereocenters. The highest BCUT2D eigenvalue weighted by Crippen LogP contribution is 2.43. The minimum atomic E-state index is -0.762. The maximum absolute atomic E-state index is 13.1. The van der Waals surface area contributed by atoms with E-state index in [1.165, 1.54) is 17.0 Å². The third-order valence-electron chi connectivity index (χ3n) is 4.65. The van der Waals surface area contributed by atoms with E-state index in [1.54, 1.807) is 45.0 Å². The summed E-state index contributed by atoms with van der Waals surface area (Å²) in [5.74, 6) is -1.33. The number of aromatic hydroxyl groups is 1. The minimum absolute atomic E-state index is 0.0822. The van der Waals surface area contributed by atoms with Gasteiger partial charge in [0.25, 0.3) is 5.91 Å². The summed E-state index contributed by atoms with van der Waals surface area (Å²) >= 11 is 0. The molecule has 5 heteroatoms. The van der Waals surface area contributed by atoms with Crippen LogP contribution >= 0.6 is 0 Å². The highest BCUT2D eigenvalue weighted by molar-refractivity contribution is 6.17. The average molecular weight is 365 g/mol. The first-order chi connectivity index (χ1) is 12.6. The molecule has 0 bridgehead atoms. The fraction of sp³-hybridized carbons (Fsp3) is 0.273. The number of aryl methyl sites for hydroxylation is 1. The lowest BCUT2D eigenvalue weighted by atomic mass is 9.82. The molecule has 0 aromatic heterocycles. The van der Waals surface area contributed by atoms with Crippen molar-refractivity contribution < 1.29 is 19.8 Å². The second-order valence-electron chi connectivity index (χ2n) is 7.85. The van der Waals surface area contributed by atoms with E-state index in [2.05, 4.69) is 0 Å². The summed E-state index contributed by atoms with van der Waals surface area (Å²) in [5.41, 5.74) is 1.58. The smallest absolute Gasteiger partial charge is 0.294 e. The van der Waals surface area contributed by atoms with Gasteiger partial charge in [0, 0.05) is 11.1 Å². The van der Waals surface area contributed by atoms with Gasteiger partial charge in [0.05, 0.1) is 11.6 Å². The zero-order valence-corrected chi connectivity index (χ0v) is 15.9. The monoisotopic (exact) mass is 365 g/mol. The van der Waals surface area contributed by atoms with Crippen LogP contribution < -0.4 is 4.90 Å². The van der Waals surface area contributed by atoms with Gasteiger partial charge < -0.3 is 10.2 Å². The van der Waals surface area contributed by atoms with Crippen LogP contribution in [-0.2, 0) is 9.59 Å². The molecule has 1 amide bonds. The number of hydrogen-bond acceptors (Lipinski definition) is 4. The number of phenols is 1. The Hall–Kier alpha value is -3.08. The van der Waals surface area contributed by atoms with Crippen molar-refractivity contribution in [2.45, 2.75) is 33.7 Å². The van der Waals surface area contributed by atoms with Gasteiger partial charge in [-0.15, -0.1) is 0 Å². The standard InChI is InChI=1S/C22H23NO4/c1-13-5-9-15(10-6-13)23-18(14-7-11-16(24)12-8-14)17(19(25)21(23)27)20(26)22(2,3)4/h5-12,18,24-25H,1-4H3. The van der Waals surface area contributed by atoms with Gasteiger partial charge in [-0.1, -0.05) is 50.6 Å². The van der Waals surface area contributed by atoms with E-state index in [0.29, 0.717) is 11.3 Å². The van der Waals surface area contributed by atoms with Crippen molar-refractivity contribution in [1.82, 2.24) is 0 Å². The van der Waals surface area contributed by atoms with Gasteiger partial charge in [-0.2, -0.15) is 0 Å². The molecule has 1 aliphatic rings. The van der Waals surface area contributed by atoms with E-state index in [9.17, 15) is 19.8 Å². The van der Waals surface area contributed by atoms with Crippen molar-refractivity contribution in [3.8, 4) is 5.75 Å². The molecule has 2 aromatic rings. The Morgan fingerprint density at radius 3 is 2.04 bits per heavy atom. The zero-order valence-electron chi connectivity index (χ0n) is 15.9. The summed E-state index contributed by atoms with van der Waals surface area (Å²) in [5, 5.41) is 20.2. The number of ketones is 1. The first-order valence-electron chi connectivity index (χ1n) is 8.78. The molecule has 0 radical (unpaired) electrons.